The first kappa shape index (κ1) is 34.2. The maximum absolute atomic E-state index is 4.77. The molecular formula is C47H37IrN3S-2. The van der Waals surface area contributed by atoms with E-state index in [9.17, 15) is 0 Å². The Bertz CT molecular complexity index is 2460. The minimum absolute atomic E-state index is 0. The van der Waals surface area contributed by atoms with Crippen molar-refractivity contribution < 1.29 is 20.1 Å². The average molecular weight is 868 g/mol. The zero-order chi connectivity index (χ0) is 34.1. The molecule has 2 bridgehead atoms. The van der Waals surface area contributed by atoms with Gasteiger partial charge in [0.25, 0.3) is 0 Å². The van der Waals surface area contributed by atoms with E-state index in [2.05, 4.69) is 108 Å². The van der Waals surface area contributed by atoms with Gasteiger partial charge in [-0.3, -0.25) is 0 Å². The molecule has 1 radical (unpaired) electrons. The molecule has 10 rings (SSSR count). The van der Waals surface area contributed by atoms with E-state index in [0.717, 1.165) is 46.2 Å². The molecule has 5 aromatic carbocycles. The van der Waals surface area contributed by atoms with Crippen molar-refractivity contribution in [2.45, 2.75) is 39.0 Å². The maximum atomic E-state index is 4.77. The van der Waals surface area contributed by atoms with E-state index in [4.69, 9.17) is 4.98 Å². The number of anilines is 2. The van der Waals surface area contributed by atoms with Gasteiger partial charge in [-0.25, -0.2) is 0 Å². The number of pyridine rings is 2. The van der Waals surface area contributed by atoms with Crippen molar-refractivity contribution in [3.63, 3.8) is 0 Å². The molecule has 0 spiro atoms. The Morgan fingerprint density at radius 3 is 2.37 bits per heavy atom. The summed E-state index contributed by atoms with van der Waals surface area (Å²) in [6.07, 6.45) is 10.4. The molecule has 0 unspecified atom stereocenters. The monoisotopic (exact) mass is 868 g/mol. The first-order valence-corrected chi connectivity index (χ1v) is 18.7. The second-order valence-corrected chi connectivity index (χ2v) is 14.7. The minimum Gasteiger partial charge on any atom is -0.394 e. The van der Waals surface area contributed by atoms with E-state index in [0.29, 0.717) is 0 Å². The molecule has 5 heteroatoms. The molecule has 1 aliphatic heterocycles. The number of rotatable bonds is 4. The summed E-state index contributed by atoms with van der Waals surface area (Å²) in [5.41, 5.74) is 14.0. The number of nitrogens with zero attached hydrogens (tertiary/aromatic N) is 2. The van der Waals surface area contributed by atoms with E-state index in [1.165, 1.54) is 79.2 Å². The molecule has 1 saturated carbocycles. The van der Waals surface area contributed by atoms with Gasteiger partial charge in [0.2, 0.25) is 0 Å². The summed E-state index contributed by atoms with van der Waals surface area (Å²) in [6, 6.07) is 49.3. The van der Waals surface area contributed by atoms with E-state index < -0.39 is 0 Å². The van der Waals surface area contributed by atoms with Gasteiger partial charge in [0.05, 0.1) is 0 Å². The van der Waals surface area contributed by atoms with Crippen LogP contribution < -0.4 is 5.32 Å². The predicted molar refractivity (Wildman–Crippen MR) is 214 cm³/mol. The number of thiophene rings is 1. The van der Waals surface area contributed by atoms with Crippen LogP contribution in [0.25, 0.3) is 64.9 Å². The Morgan fingerprint density at radius 1 is 0.692 bits per heavy atom. The van der Waals surface area contributed by atoms with Gasteiger partial charge < -0.3 is 15.3 Å². The predicted octanol–water partition coefficient (Wildman–Crippen LogP) is 12.9. The zero-order valence-corrected chi connectivity index (χ0v) is 32.2. The van der Waals surface area contributed by atoms with Crippen LogP contribution in [0, 0.1) is 25.0 Å². The van der Waals surface area contributed by atoms with Crippen LogP contribution in [-0.4, -0.2) is 9.97 Å². The Balaban J connectivity index is 0.000000253. The summed E-state index contributed by atoms with van der Waals surface area (Å²) in [5.74, 6) is 0.821. The van der Waals surface area contributed by atoms with Crippen molar-refractivity contribution in [1.29, 1.82) is 0 Å². The Labute approximate surface area is 323 Å². The normalized spacial score (nSPS) is 13.2. The smallest absolute Gasteiger partial charge is 0.0388 e. The Kier molecular flexibility index (Phi) is 9.84. The molecule has 4 heterocycles. The average Bonchev–Trinajstić information content (AvgIpc) is 3.84. The van der Waals surface area contributed by atoms with Crippen molar-refractivity contribution in [2.24, 2.45) is 5.92 Å². The Hall–Kier alpha value is -4.93. The largest absolute Gasteiger partial charge is 0.394 e. The molecule has 1 fully saturated rings. The summed E-state index contributed by atoms with van der Waals surface area (Å²) < 4.78 is 2.66. The quantitative estimate of drug-likeness (QED) is 0.179. The molecule has 1 aliphatic carbocycles. The van der Waals surface area contributed by atoms with Crippen molar-refractivity contribution in [2.75, 3.05) is 5.32 Å². The molecule has 1 N–H and O–H groups in total. The topological polar surface area (TPSA) is 37.8 Å². The summed E-state index contributed by atoms with van der Waals surface area (Å²) >= 11 is 1.87. The van der Waals surface area contributed by atoms with Crippen LogP contribution >= 0.6 is 11.3 Å². The van der Waals surface area contributed by atoms with Crippen LogP contribution in [0.1, 0.15) is 36.8 Å². The fourth-order valence-corrected chi connectivity index (χ4v) is 8.99. The SMILES string of the molecule is Cc1c2cccc1-c1c(ccc3sc4ccccc4c13)Nc1c[c-]c(-c3cc(CC4CCCC4)ccn3)cc1-2.[Ir].[c-]1ccccc1-c1ccccn1. The van der Waals surface area contributed by atoms with Crippen molar-refractivity contribution in [3.05, 3.63) is 157 Å². The molecule has 3 aromatic heterocycles. The van der Waals surface area contributed by atoms with Gasteiger partial charge in [-0.05, 0) is 83.4 Å². The summed E-state index contributed by atoms with van der Waals surface area (Å²) in [6.45, 7) is 2.27. The number of nitrogens with one attached hydrogen (secondary N) is 1. The maximum Gasteiger partial charge on any atom is 0.0388 e. The first-order chi connectivity index (χ1) is 25.2. The number of hydrogen-bond donors (Lipinski definition) is 1. The van der Waals surface area contributed by atoms with Gasteiger partial charge in [-0.15, -0.1) is 71.0 Å². The van der Waals surface area contributed by atoms with E-state index in [1.807, 2.05) is 60.0 Å². The molecular weight excluding hydrogens is 831 g/mol. The summed E-state index contributed by atoms with van der Waals surface area (Å²) in [7, 11) is 0. The number of benzene rings is 5. The fraction of sp³-hybridized carbons (Fsp3) is 0.149. The van der Waals surface area contributed by atoms with Crippen LogP contribution in [0.15, 0.2) is 134 Å². The van der Waals surface area contributed by atoms with Gasteiger partial charge in [-0.2, -0.15) is 0 Å². The third-order valence-corrected chi connectivity index (χ3v) is 11.5. The molecule has 0 saturated heterocycles. The second-order valence-electron chi connectivity index (χ2n) is 13.6. The van der Waals surface area contributed by atoms with Gasteiger partial charge in [0.1, 0.15) is 0 Å². The number of hydrogen-bond acceptors (Lipinski definition) is 4. The van der Waals surface area contributed by atoms with Crippen LogP contribution in [-0.2, 0) is 26.5 Å². The first-order valence-electron chi connectivity index (χ1n) is 17.9. The van der Waals surface area contributed by atoms with Crippen LogP contribution in [0.4, 0.5) is 11.4 Å². The fourth-order valence-electron chi connectivity index (χ4n) is 7.88. The van der Waals surface area contributed by atoms with Gasteiger partial charge in [-0.1, -0.05) is 91.4 Å². The molecule has 2 aliphatic rings. The number of fused-ring (bicyclic) bond motifs is 10. The van der Waals surface area contributed by atoms with Crippen molar-refractivity contribution in [3.8, 4) is 44.8 Å². The molecule has 3 nitrogen and oxygen atoms in total. The third-order valence-electron chi connectivity index (χ3n) is 10.4. The zero-order valence-electron chi connectivity index (χ0n) is 29.0. The van der Waals surface area contributed by atoms with Crippen molar-refractivity contribution >= 4 is 42.9 Å². The summed E-state index contributed by atoms with van der Waals surface area (Å²) in [4.78, 5) is 8.99. The standard InChI is InChI=1S/C36H29N2S.C11H8N.Ir/c1-22-26-10-6-11-27(22)35-31(15-16-34-36(35)28-9-4-5-12-33(28)39-34)38-30-14-13-25(21-29(26)30)32-20-24(17-18-37-32)19-23-7-2-3-8-23;1-2-6-10(7-3-1)11-8-4-5-9-12-11;/h4-6,9-12,14-18,20-21,23,38H,2-3,7-8,19H2,1H3;1-6,8-9H;/q2*-1;. The molecule has 8 aromatic rings. The molecule has 0 amide bonds. The molecule has 52 heavy (non-hydrogen) atoms. The van der Waals surface area contributed by atoms with Crippen molar-refractivity contribution in [1.82, 2.24) is 9.97 Å². The Morgan fingerprint density at radius 2 is 1.52 bits per heavy atom. The van der Waals surface area contributed by atoms with E-state index in [1.54, 1.807) is 6.20 Å². The minimum atomic E-state index is 0. The van der Waals surface area contributed by atoms with Gasteiger partial charge in [0, 0.05) is 63.9 Å². The summed E-state index contributed by atoms with van der Waals surface area (Å²) in [5, 5.41) is 6.49. The van der Waals surface area contributed by atoms with Crippen LogP contribution in [0.3, 0.4) is 0 Å². The number of aromatic nitrogens is 2. The molecule has 257 valence electrons. The van der Waals surface area contributed by atoms with E-state index >= 15 is 0 Å². The van der Waals surface area contributed by atoms with Crippen LogP contribution in [0.5, 0.6) is 0 Å². The van der Waals surface area contributed by atoms with E-state index in [-0.39, 0.29) is 20.1 Å². The van der Waals surface area contributed by atoms with Gasteiger partial charge in [0.15, 0.2) is 0 Å². The molecule has 0 atom stereocenters. The third kappa shape index (κ3) is 6.61. The van der Waals surface area contributed by atoms with Crippen LogP contribution in [0.2, 0.25) is 0 Å². The van der Waals surface area contributed by atoms with Gasteiger partial charge >= 0.3 is 0 Å². The second kappa shape index (κ2) is 15.0.